The van der Waals surface area contributed by atoms with Gasteiger partial charge in [0.25, 0.3) is 0 Å². The molecule has 13 heteroatoms. The summed E-state index contributed by atoms with van der Waals surface area (Å²) in [6.07, 6.45) is -4.14. The summed E-state index contributed by atoms with van der Waals surface area (Å²) in [5.41, 5.74) is 1.22. The van der Waals surface area contributed by atoms with Gasteiger partial charge >= 0.3 is 12.3 Å². The van der Waals surface area contributed by atoms with E-state index in [4.69, 9.17) is 14.5 Å². The Bertz CT molecular complexity index is 1170. The second-order valence-electron chi connectivity index (χ2n) is 13.9. The Kier molecular flexibility index (Phi) is 11.0. The molecule has 0 aromatic carbocycles. The minimum Gasteiger partial charge on any atom is -0.441 e. The van der Waals surface area contributed by atoms with Crippen molar-refractivity contribution < 1.29 is 46.4 Å². The summed E-state index contributed by atoms with van der Waals surface area (Å²) in [5, 5.41) is 21.6. The lowest BCUT2D eigenvalue weighted by atomic mass is 9.70. The molecule has 0 radical (unpaired) electrons. The number of halogens is 5. The first-order valence-corrected chi connectivity index (χ1v) is 16.7. The van der Waals surface area contributed by atoms with Crippen molar-refractivity contribution in [1.29, 1.82) is 0 Å². The van der Waals surface area contributed by atoms with Crippen molar-refractivity contribution in [1.82, 2.24) is 9.80 Å². The third kappa shape index (κ3) is 7.56. The SMILES string of the molecule is C/C=C(\C(=C\N1C(=O)OC(C2CC(C(F)F)CC(C(F)(F)F)C2)C1O)N=C(C)N1CCC1)C1CC(C2CCC(O)C2)CCC1OC. The standard InChI is InChI=1S/C33H48F5N3O5/c1-4-25(26-16-20(7-9-28(26)45-3)19-6-8-24(42)15-19)27(39-18(2)40-10-5-11-40)17-41-31(43)29(46-32(41)44)21-12-22(30(34)35)14-23(13-21)33(36,37)38/h4,17,19-24,26,28-31,42-43H,5-16H2,1-3H3/b25-4-,27-17-,39-18?. The van der Waals surface area contributed by atoms with Gasteiger partial charge in [0.15, 0.2) is 12.3 Å². The van der Waals surface area contributed by atoms with E-state index in [1.165, 1.54) is 6.20 Å². The molecule has 3 aliphatic carbocycles. The maximum absolute atomic E-state index is 13.7. The van der Waals surface area contributed by atoms with E-state index in [0.29, 0.717) is 17.5 Å². The fourth-order valence-corrected chi connectivity index (χ4v) is 8.49. The zero-order valence-electron chi connectivity index (χ0n) is 26.8. The van der Waals surface area contributed by atoms with Crippen LogP contribution in [0.15, 0.2) is 28.5 Å². The minimum atomic E-state index is -4.68. The molecule has 46 heavy (non-hydrogen) atoms. The van der Waals surface area contributed by atoms with Gasteiger partial charge in [-0.3, -0.25) is 4.90 Å². The zero-order chi connectivity index (χ0) is 33.3. The number of nitrogens with zero attached hydrogens (tertiary/aromatic N) is 3. The summed E-state index contributed by atoms with van der Waals surface area (Å²) < 4.78 is 79.9. The monoisotopic (exact) mass is 661 g/mol. The van der Waals surface area contributed by atoms with Crippen LogP contribution in [-0.4, -0.2) is 89.3 Å². The van der Waals surface area contributed by atoms with Crippen molar-refractivity contribution in [3.63, 3.8) is 0 Å². The fourth-order valence-electron chi connectivity index (χ4n) is 8.49. The molecule has 2 aliphatic heterocycles. The van der Waals surface area contributed by atoms with Crippen LogP contribution in [0.25, 0.3) is 0 Å². The summed E-state index contributed by atoms with van der Waals surface area (Å²) in [7, 11) is 1.67. The van der Waals surface area contributed by atoms with Crippen molar-refractivity contribution in [3.8, 4) is 0 Å². The van der Waals surface area contributed by atoms with Gasteiger partial charge < -0.3 is 24.6 Å². The molecule has 2 saturated heterocycles. The fraction of sp³-hybridized carbons (Fsp3) is 0.818. The number of rotatable bonds is 8. The number of amides is 1. The number of aliphatic hydroxyl groups is 2. The van der Waals surface area contributed by atoms with Crippen LogP contribution >= 0.6 is 0 Å². The zero-order valence-corrected chi connectivity index (χ0v) is 26.8. The first-order chi connectivity index (χ1) is 21.8. The largest absolute Gasteiger partial charge is 0.441 e. The van der Waals surface area contributed by atoms with E-state index in [-0.39, 0.29) is 24.5 Å². The Morgan fingerprint density at radius 2 is 1.72 bits per heavy atom. The number of carbonyl (C=O) groups excluding carboxylic acids is 1. The lowest BCUT2D eigenvalue weighted by molar-refractivity contribution is -0.200. The number of hydrogen-bond acceptors (Lipinski definition) is 6. The van der Waals surface area contributed by atoms with Crippen molar-refractivity contribution in [3.05, 3.63) is 23.5 Å². The van der Waals surface area contributed by atoms with Gasteiger partial charge in [0.2, 0.25) is 6.43 Å². The van der Waals surface area contributed by atoms with Gasteiger partial charge in [-0.05, 0) is 95.5 Å². The predicted octanol–water partition coefficient (Wildman–Crippen LogP) is 6.49. The number of carbonyl (C=O) groups is 1. The number of ether oxygens (including phenoxy) is 2. The number of methoxy groups -OCH3 is 1. The van der Waals surface area contributed by atoms with E-state index in [2.05, 4.69) is 4.90 Å². The van der Waals surface area contributed by atoms with Crippen molar-refractivity contribution in [2.24, 2.45) is 40.5 Å². The summed E-state index contributed by atoms with van der Waals surface area (Å²) in [6, 6.07) is 0. The number of alkyl halides is 5. The van der Waals surface area contributed by atoms with E-state index in [9.17, 15) is 37.0 Å². The predicted molar refractivity (Wildman–Crippen MR) is 161 cm³/mol. The van der Waals surface area contributed by atoms with Gasteiger partial charge in [-0.2, -0.15) is 13.2 Å². The van der Waals surface area contributed by atoms with Crippen LogP contribution in [0.2, 0.25) is 0 Å². The topological polar surface area (TPSA) is 94.8 Å². The van der Waals surface area contributed by atoms with Crippen LogP contribution in [0.5, 0.6) is 0 Å². The molecule has 3 saturated carbocycles. The Morgan fingerprint density at radius 3 is 2.28 bits per heavy atom. The molecule has 10 unspecified atom stereocenters. The van der Waals surface area contributed by atoms with Crippen LogP contribution in [0.3, 0.4) is 0 Å². The van der Waals surface area contributed by atoms with Gasteiger partial charge in [-0.1, -0.05) is 6.08 Å². The van der Waals surface area contributed by atoms with Crippen LogP contribution in [0, 0.1) is 35.5 Å². The smallest absolute Gasteiger partial charge is 0.416 e. The molecule has 8 nitrogen and oxygen atoms in total. The maximum Gasteiger partial charge on any atom is 0.416 e. The molecule has 0 bridgehead atoms. The van der Waals surface area contributed by atoms with E-state index < -0.39 is 61.6 Å². The first-order valence-electron chi connectivity index (χ1n) is 16.7. The normalized spacial score (nSPS) is 38.4. The Balaban J connectivity index is 1.44. The van der Waals surface area contributed by atoms with Gasteiger partial charge in [0.1, 0.15) is 5.84 Å². The third-order valence-electron chi connectivity index (χ3n) is 11.2. The second kappa shape index (κ2) is 14.5. The molecular formula is C33H48F5N3O5. The van der Waals surface area contributed by atoms with E-state index in [1.54, 1.807) is 7.11 Å². The molecule has 0 spiro atoms. The average molecular weight is 662 g/mol. The summed E-state index contributed by atoms with van der Waals surface area (Å²) >= 11 is 0. The molecule has 5 aliphatic rings. The highest BCUT2D eigenvalue weighted by Gasteiger charge is 2.53. The number of likely N-dealkylation sites (tertiary alicyclic amines) is 1. The summed E-state index contributed by atoms with van der Waals surface area (Å²) in [6.45, 7) is 5.39. The van der Waals surface area contributed by atoms with Crippen molar-refractivity contribution >= 4 is 11.9 Å². The molecular weight excluding hydrogens is 613 g/mol. The van der Waals surface area contributed by atoms with Crippen molar-refractivity contribution in [2.75, 3.05) is 20.2 Å². The highest BCUT2D eigenvalue weighted by molar-refractivity contribution is 5.82. The van der Waals surface area contributed by atoms with Gasteiger partial charge in [0, 0.05) is 44.2 Å². The quantitative estimate of drug-likeness (QED) is 0.134. The average Bonchev–Trinajstić information content (AvgIpc) is 3.54. The lowest BCUT2D eigenvalue weighted by Gasteiger charge is -2.40. The number of cyclic esters (lactones) is 1. The minimum absolute atomic E-state index is 0.102. The Hall–Kier alpha value is -2.25. The third-order valence-corrected chi connectivity index (χ3v) is 11.2. The number of allylic oxidation sites excluding steroid dienone is 2. The van der Waals surface area contributed by atoms with E-state index >= 15 is 0 Å². The molecule has 5 fully saturated rings. The molecule has 0 aromatic rings. The highest BCUT2D eigenvalue weighted by Crippen LogP contribution is 2.48. The summed E-state index contributed by atoms with van der Waals surface area (Å²) in [4.78, 5) is 21.2. The molecule has 2 heterocycles. The lowest BCUT2D eigenvalue weighted by Crippen LogP contribution is -2.43. The molecule has 1 amide bonds. The van der Waals surface area contributed by atoms with E-state index in [0.717, 1.165) is 74.3 Å². The van der Waals surface area contributed by atoms with Crippen LogP contribution < -0.4 is 0 Å². The molecule has 2 N–H and O–H groups in total. The molecule has 0 aromatic heterocycles. The number of aliphatic hydroxyl groups excluding tert-OH is 2. The van der Waals surface area contributed by atoms with Crippen LogP contribution in [0.4, 0.5) is 26.7 Å². The highest BCUT2D eigenvalue weighted by atomic mass is 19.4. The summed E-state index contributed by atoms with van der Waals surface area (Å²) in [5.74, 6) is -3.19. The maximum atomic E-state index is 13.7. The first kappa shape index (κ1) is 35.1. The Labute approximate surface area is 267 Å². The molecule has 5 rings (SSSR count). The number of amidine groups is 1. The van der Waals surface area contributed by atoms with Crippen LogP contribution in [0.1, 0.15) is 78.1 Å². The van der Waals surface area contributed by atoms with Gasteiger partial charge in [-0.15, -0.1) is 0 Å². The van der Waals surface area contributed by atoms with Gasteiger partial charge in [-0.25, -0.2) is 18.6 Å². The number of aliphatic imine (C=N–C) groups is 1. The van der Waals surface area contributed by atoms with E-state index in [1.807, 2.05) is 19.9 Å². The Morgan fingerprint density at radius 1 is 1.02 bits per heavy atom. The molecule has 260 valence electrons. The van der Waals surface area contributed by atoms with Crippen LogP contribution in [-0.2, 0) is 9.47 Å². The van der Waals surface area contributed by atoms with Crippen molar-refractivity contribution in [2.45, 2.75) is 115 Å². The van der Waals surface area contributed by atoms with Gasteiger partial charge in [0.05, 0.1) is 23.8 Å². The molecule has 10 atom stereocenters. The number of hydrogen-bond donors (Lipinski definition) is 2. The second-order valence-corrected chi connectivity index (χ2v) is 13.9.